The molecule has 2 amide bonds. The fraction of sp³-hybridized carbons (Fsp3) is 0.111. The Hall–Kier alpha value is -2.44. The third-order valence-corrected chi connectivity index (χ3v) is 5.10. The molecule has 4 nitrogen and oxygen atoms in total. The standard InChI is InChI=1S/C18H16N2O2S2/c1-12-6-7-14(20-18(22)16-5-3-9-24-16)15(10-12)19-17(21)11-13-4-2-8-23-13/h2-10H,11H2,1H3,(H,19,21)(H,20,22). The molecule has 0 spiro atoms. The Morgan fingerprint density at radius 2 is 1.75 bits per heavy atom. The van der Waals surface area contributed by atoms with Crippen LogP contribution in [-0.2, 0) is 11.2 Å². The molecule has 0 radical (unpaired) electrons. The summed E-state index contributed by atoms with van der Waals surface area (Å²) in [4.78, 5) is 26.1. The topological polar surface area (TPSA) is 58.2 Å². The summed E-state index contributed by atoms with van der Waals surface area (Å²) in [5.74, 6) is -0.280. The van der Waals surface area contributed by atoms with E-state index in [0.29, 0.717) is 22.7 Å². The van der Waals surface area contributed by atoms with Crippen LogP contribution in [0.3, 0.4) is 0 Å². The Kier molecular flexibility index (Phi) is 5.08. The molecule has 0 fully saturated rings. The van der Waals surface area contributed by atoms with Gasteiger partial charge in [0.2, 0.25) is 5.91 Å². The molecule has 0 aliphatic rings. The van der Waals surface area contributed by atoms with Gasteiger partial charge in [0.25, 0.3) is 5.91 Å². The highest BCUT2D eigenvalue weighted by Gasteiger charge is 2.12. The van der Waals surface area contributed by atoms with Crippen LogP contribution in [0.5, 0.6) is 0 Å². The molecule has 24 heavy (non-hydrogen) atoms. The summed E-state index contributed by atoms with van der Waals surface area (Å²) in [5.41, 5.74) is 2.22. The van der Waals surface area contributed by atoms with Crippen molar-refractivity contribution < 1.29 is 9.59 Å². The summed E-state index contributed by atoms with van der Waals surface area (Å²) in [7, 11) is 0. The summed E-state index contributed by atoms with van der Waals surface area (Å²) in [6.45, 7) is 1.94. The molecule has 2 aromatic heterocycles. The van der Waals surface area contributed by atoms with Gasteiger partial charge in [0.05, 0.1) is 22.7 Å². The highest BCUT2D eigenvalue weighted by atomic mass is 32.1. The van der Waals surface area contributed by atoms with Crippen LogP contribution >= 0.6 is 22.7 Å². The van der Waals surface area contributed by atoms with E-state index in [1.54, 1.807) is 17.4 Å². The van der Waals surface area contributed by atoms with Crippen LogP contribution in [0.2, 0.25) is 0 Å². The summed E-state index contributed by atoms with van der Waals surface area (Å²) in [5, 5.41) is 9.56. The van der Waals surface area contributed by atoms with E-state index in [4.69, 9.17) is 0 Å². The average Bonchev–Trinajstić information content (AvgIpc) is 3.23. The van der Waals surface area contributed by atoms with E-state index in [0.717, 1.165) is 10.4 Å². The minimum Gasteiger partial charge on any atom is -0.324 e. The molecule has 1 aromatic carbocycles. The molecule has 2 N–H and O–H groups in total. The van der Waals surface area contributed by atoms with Crippen molar-refractivity contribution in [2.24, 2.45) is 0 Å². The van der Waals surface area contributed by atoms with Crippen molar-refractivity contribution in [2.75, 3.05) is 10.6 Å². The minimum atomic E-state index is -0.178. The van der Waals surface area contributed by atoms with Crippen LogP contribution in [0, 0.1) is 6.92 Å². The predicted molar refractivity (Wildman–Crippen MR) is 100 cm³/mol. The van der Waals surface area contributed by atoms with E-state index >= 15 is 0 Å². The molecule has 0 aliphatic heterocycles. The largest absolute Gasteiger partial charge is 0.324 e. The Balaban J connectivity index is 1.75. The van der Waals surface area contributed by atoms with Crippen LogP contribution < -0.4 is 10.6 Å². The van der Waals surface area contributed by atoms with Crippen molar-refractivity contribution in [3.05, 3.63) is 68.5 Å². The number of thiophene rings is 2. The van der Waals surface area contributed by atoms with Gasteiger partial charge in [0.15, 0.2) is 0 Å². The van der Waals surface area contributed by atoms with Crippen molar-refractivity contribution in [1.29, 1.82) is 0 Å². The number of benzene rings is 1. The smallest absolute Gasteiger partial charge is 0.265 e. The van der Waals surface area contributed by atoms with Crippen LogP contribution in [0.1, 0.15) is 20.1 Å². The molecular formula is C18H16N2O2S2. The molecule has 0 bridgehead atoms. The van der Waals surface area contributed by atoms with Crippen LogP contribution in [0.15, 0.2) is 53.2 Å². The van der Waals surface area contributed by atoms with Gasteiger partial charge in [-0.15, -0.1) is 22.7 Å². The lowest BCUT2D eigenvalue weighted by molar-refractivity contribution is -0.115. The molecule has 0 saturated heterocycles. The van der Waals surface area contributed by atoms with Gasteiger partial charge in [0, 0.05) is 4.88 Å². The second-order valence-corrected chi connectivity index (χ2v) is 7.26. The maximum Gasteiger partial charge on any atom is 0.265 e. The first-order valence-electron chi connectivity index (χ1n) is 7.39. The minimum absolute atomic E-state index is 0.102. The second-order valence-electron chi connectivity index (χ2n) is 5.28. The van der Waals surface area contributed by atoms with E-state index in [1.165, 1.54) is 11.3 Å². The SMILES string of the molecule is Cc1ccc(NC(=O)c2cccs2)c(NC(=O)Cc2cccs2)c1. The maximum absolute atomic E-state index is 12.2. The van der Waals surface area contributed by atoms with Crippen molar-refractivity contribution in [1.82, 2.24) is 0 Å². The summed E-state index contributed by atoms with van der Waals surface area (Å²) in [6, 6.07) is 13.0. The molecule has 3 rings (SSSR count). The number of carbonyl (C=O) groups is 2. The van der Waals surface area contributed by atoms with Crippen molar-refractivity contribution in [3.8, 4) is 0 Å². The van der Waals surface area contributed by atoms with E-state index in [-0.39, 0.29) is 11.8 Å². The third-order valence-electron chi connectivity index (χ3n) is 3.36. The Morgan fingerprint density at radius 3 is 2.46 bits per heavy atom. The maximum atomic E-state index is 12.2. The van der Waals surface area contributed by atoms with Crippen molar-refractivity contribution in [3.63, 3.8) is 0 Å². The number of hydrogen-bond donors (Lipinski definition) is 2. The number of nitrogens with one attached hydrogen (secondary N) is 2. The molecule has 0 unspecified atom stereocenters. The number of rotatable bonds is 5. The fourth-order valence-corrected chi connectivity index (χ4v) is 3.55. The molecule has 2 heterocycles. The van der Waals surface area contributed by atoms with E-state index in [9.17, 15) is 9.59 Å². The molecular weight excluding hydrogens is 340 g/mol. The number of hydrogen-bond acceptors (Lipinski definition) is 4. The zero-order valence-corrected chi connectivity index (χ0v) is 14.7. The molecule has 3 aromatic rings. The number of anilines is 2. The van der Waals surface area contributed by atoms with Crippen LogP contribution in [0.4, 0.5) is 11.4 Å². The monoisotopic (exact) mass is 356 g/mol. The zero-order chi connectivity index (χ0) is 16.9. The lowest BCUT2D eigenvalue weighted by atomic mass is 10.1. The second kappa shape index (κ2) is 7.42. The van der Waals surface area contributed by atoms with Gasteiger partial charge >= 0.3 is 0 Å². The molecule has 6 heteroatoms. The highest BCUT2D eigenvalue weighted by molar-refractivity contribution is 7.12. The summed E-state index contributed by atoms with van der Waals surface area (Å²) < 4.78 is 0. The normalized spacial score (nSPS) is 10.4. The average molecular weight is 356 g/mol. The highest BCUT2D eigenvalue weighted by Crippen LogP contribution is 2.25. The molecule has 122 valence electrons. The van der Waals surface area contributed by atoms with E-state index < -0.39 is 0 Å². The third kappa shape index (κ3) is 4.10. The van der Waals surface area contributed by atoms with Gasteiger partial charge in [-0.05, 0) is 47.5 Å². The lowest BCUT2D eigenvalue weighted by Crippen LogP contribution is -2.17. The number of aryl methyl sites for hydroxylation is 1. The first kappa shape index (κ1) is 16.4. The van der Waals surface area contributed by atoms with Crippen molar-refractivity contribution in [2.45, 2.75) is 13.3 Å². The quantitative estimate of drug-likeness (QED) is 0.704. The van der Waals surface area contributed by atoms with Gasteiger partial charge in [-0.2, -0.15) is 0 Å². The van der Waals surface area contributed by atoms with Gasteiger partial charge < -0.3 is 10.6 Å². The van der Waals surface area contributed by atoms with Crippen LogP contribution in [-0.4, -0.2) is 11.8 Å². The van der Waals surface area contributed by atoms with Gasteiger partial charge in [-0.1, -0.05) is 18.2 Å². The Labute approximate surface area is 148 Å². The first-order valence-corrected chi connectivity index (χ1v) is 9.15. The Bertz CT molecular complexity index is 840. The fourth-order valence-electron chi connectivity index (χ4n) is 2.23. The van der Waals surface area contributed by atoms with Crippen molar-refractivity contribution >= 4 is 45.9 Å². The van der Waals surface area contributed by atoms with Crippen LogP contribution in [0.25, 0.3) is 0 Å². The van der Waals surface area contributed by atoms with E-state index in [1.807, 2.05) is 54.1 Å². The Morgan fingerprint density at radius 1 is 0.958 bits per heavy atom. The van der Waals surface area contributed by atoms with Gasteiger partial charge in [-0.3, -0.25) is 9.59 Å². The number of carbonyl (C=O) groups excluding carboxylic acids is 2. The number of amides is 2. The molecule has 0 aliphatic carbocycles. The zero-order valence-electron chi connectivity index (χ0n) is 13.0. The summed E-state index contributed by atoms with van der Waals surface area (Å²) in [6.07, 6.45) is 0.323. The lowest BCUT2D eigenvalue weighted by Gasteiger charge is -2.13. The van der Waals surface area contributed by atoms with E-state index in [2.05, 4.69) is 10.6 Å². The first-order chi connectivity index (χ1) is 11.6. The van der Waals surface area contributed by atoms with Gasteiger partial charge in [0.1, 0.15) is 0 Å². The molecule has 0 saturated carbocycles. The van der Waals surface area contributed by atoms with Gasteiger partial charge in [-0.25, -0.2) is 0 Å². The molecule has 0 atom stereocenters. The predicted octanol–water partition coefficient (Wildman–Crippen LogP) is 4.55. The summed E-state index contributed by atoms with van der Waals surface area (Å²) >= 11 is 2.93.